The zero-order valence-corrected chi connectivity index (χ0v) is 10.9. The summed E-state index contributed by atoms with van der Waals surface area (Å²) >= 11 is 0. The van der Waals surface area contributed by atoms with Gasteiger partial charge in [0.25, 0.3) is 0 Å². The Morgan fingerprint density at radius 3 is 2.76 bits per heavy atom. The van der Waals surface area contributed by atoms with Crippen molar-refractivity contribution in [2.75, 3.05) is 6.54 Å². The number of nitrogens with zero attached hydrogens (tertiary/aromatic N) is 3. The first-order chi connectivity index (χ1) is 7.85. The van der Waals surface area contributed by atoms with Crippen LogP contribution in [-0.2, 0) is 17.8 Å². The van der Waals surface area contributed by atoms with E-state index in [1.54, 1.807) is 4.90 Å². The topological polar surface area (TPSA) is 47.4 Å². The summed E-state index contributed by atoms with van der Waals surface area (Å²) < 4.78 is 7.31. The van der Waals surface area contributed by atoms with Crippen molar-refractivity contribution in [3.8, 4) is 0 Å². The molecule has 17 heavy (non-hydrogen) atoms. The first-order valence-corrected chi connectivity index (χ1v) is 5.86. The second kappa shape index (κ2) is 4.05. The van der Waals surface area contributed by atoms with Crippen molar-refractivity contribution in [1.82, 2.24) is 14.7 Å². The van der Waals surface area contributed by atoms with Crippen LogP contribution in [-0.4, -0.2) is 32.9 Å². The van der Waals surface area contributed by atoms with E-state index in [-0.39, 0.29) is 6.09 Å². The predicted octanol–water partition coefficient (Wildman–Crippen LogP) is 1.94. The minimum Gasteiger partial charge on any atom is -0.444 e. The summed E-state index contributed by atoms with van der Waals surface area (Å²) in [4.78, 5) is 13.6. The van der Waals surface area contributed by atoms with Crippen molar-refractivity contribution in [2.24, 2.45) is 0 Å². The molecule has 0 radical (unpaired) electrons. The zero-order valence-electron chi connectivity index (χ0n) is 10.9. The van der Waals surface area contributed by atoms with Gasteiger partial charge >= 0.3 is 6.09 Å². The molecule has 2 rings (SSSR count). The maximum atomic E-state index is 11.9. The molecular weight excluding hydrogens is 218 g/mol. The molecule has 5 nitrogen and oxygen atoms in total. The molecule has 0 atom stereocenters. The number of carbonyl (C=O) groups excluding carboxylic acids is 1. The van der Waals surface area contributed by atoms with Gasteiger partial charge in [-0.2, -0.15) is 5.10 Å². The van der Waals surface area contributed by atoms with E-state index in [4.69, 9.17) is 4.74 Å². The van der Waals surface area contributed by atoms with Gasteiger partial charge in [0, 0.05) is 6.54 Å². The van der Waals surface area contributed by atoms with Crippen molar-refractivity contribution in [3.63, 3.8) is 0 Å². The second-order valence-corrected chi connectivity index (χ2v) is 5.40. The lowest BCUT2D eigenvalue weighted by Crippen LogP contribution is -2.41. The molecule has 1 aromatic heterocycles. The quantitative estimate of drug-likeness (QED) is 0.692. The average molecular weight is 237 g/mol. The second-order valence-electron chi connectivity index (χ2n) is 5.40. The van der Waals surface area contributed by atoms with Crippen molar-refractivity contribution < 1.29 is 9.53 Å². The fourth-order valence-corrected chi connectivity index (χ4v) is 1.89. The van der Waals surface area contributed by atoms with E-state index in [1.807, 2.05) is 38.4 Å². The van der Waals surface area contributed by atoms with Crippen LogP contribution in [0.25, 0.3) is 0 Å². The van der Waals surface area contributed by atoms with Crippen LogP contribution in [0, 0.1) is 6.92 Å². The molecule has 5 heteroatoms. The lowest BCUT2D eigenvalue weighted by molar-refractivity contribution is 0.0194. The van der Waals surface area contributed by atoms with Crippen LogP contribution in [0.4, 0.5) is 4.79 Å². The predicted molar refractivity (Wildman–Crippen MR) is 63.6 cm³/mol. The van der Waals surface area contributed by atoms with E-state index < -0.39 is 5.60 Å². The maximum Gasteiger partial charge on any atom is 0.410 e. The molecule has 0 bridgehead atoms. The van der Waals surface area contributed by atoms with Gasteiger partial charge < -0.3 is 9.64 Å². The molecule has 0 saturated heterocycles. The third kappa shape index (κ3) is 2.78. The molecule has 0 unspecified atom stereocenters. The van der Waals surface area contributed by atoms with E-state index in [2.05, 4.69) is 5.10 Å². The normalized spacial score (nSPS) is 15.6. The van der Waals surface area contributed by atoms with Crippen LogP contribution in [0.3, 0.4) is 0 Å². The van der Waals surface area contributed by atoms with Crippen molar-refractivity contribution in [1.29, 1.82) is 0 Å². The van der Waals surface area contributed by atoms with Gasteiger partial charge in [0.1, 0.15) is 5.60 Å². The van der Waals surface area contributed by atoms with Gasteiger partial charge in [0.15, 0.2) is 0 Å². The molecule has 0 saturated carbocycles. The number of fused-ring (bicyclic) bond motifs is 1. The summed E-state index contributed by atoms with van der Waals surface area (Å²) in [7, 11) is 0. The number of ether oxygens (including phenoxy) is 1. The Kier molecular flexibility index (Phi) is 2.85. The smallest absolute Gasteiger partial charge is 0.410 e. The highest BCUT2D eigenvalue weighted by molar-refractivity contribution is 5.68. The van der Waals surface area contributed by atoms with Crippen molar-refractivity contribution in [3.05, 3.63) is 17.5 Å². The van der Waals surface area contributed by atoms with Crippen molar-refractivity contribution >= 4 is 6.09 Å². The molecular formula is C12H19N3O2. The molecule has 2 heterocycles. The fourth-order valence-electron chi connectivity index (χ4n) is 1.89. The van der Waals surface area contributed by atoms with Gasteiger partial charge in [-0.1, -0.05) is 0 Å². The van der Waals surface area contributed by atoms with Gasteiger partial charge in [-0.25, -0.2) is 4.79 Å². The summed E-state index contributed by atoms with van der Waals surface area (Å²) in [5.41, 5.74) is 1.62. The van der Waals surface area contributed by atoms with Gasteiger partial charge in [-0.15, -0.1) is 0 Å². The number of carbonyl (C=O) groups is 1. The Balaban J connectivity index is 2.05. The molecule has 0 fully saturated rings. The Hall–Kier alpha value is -1.52. The van der Waals surface area contributed by atoms with Crippen LogP contribution >= 0.6 is 0 Å². The summed E-state index contributed by atoms with van der Waals surface area (Å²) in [6.45, 7) is 9.57. The highest BCUT2D eigenvalue weighted by atomic mass is 16.6. The average Bonchev–Trinajstić information content (AvgIpc) is 2.53. The van der Waals surface area contributed by atoms with Crippen molar-refractivity contribution in [2.45, 2.75) is 46.4 Å². The fraction of sp³-hybridized carbons (Fsp3) is 0.667. The Bertz CT molecular complexity index is 431. The van der Waals surface area contributed by atoms with E-state index >= 15 is 0 Å². The molecule has 0 spiro atoms. The lowest BCUT2D eigenvalue weighted by Gasteiger charge is -2.30. The van der Waals surface area contributed by atoms with Gasteiger partial charge in [0.2, 0.25) is 0 Å². The van der Waals surface area contributed by atoms with Gasteiger partial charge in [-0.05, 0) is 33.8 Å². The third-order valence-electron chi connectivity index (χ3n) is 2.57. The third-order valence-corrected chi connectivity index (χ3v) is 2.57. The molecule has 0 aromatic carbocycles. The number of hydrogen-bond donors (Lipinski definition) is 0. The zero-order chi connectivity index (χ0) is 12.6. The minimum absolute atomic E-state index is 0.248. The number of aromatic nitrogens is 2. The molecule has 1 aliphatic heterocycles. The first-order valence-electron chi connectivity index (χ1n) is 5.86. The summed E-state index contributed by atoms with van der Waals surface area (Å²) in [6.07, 6.45) is -0.248. The van der Waals surface area contributed by atoms with Crippen LogP contribution in [0.1, 0.15) is 32.2 Å². The SMILES string of the molecule is Cc1cc2n(n1)CCN(C(=O)OC(C)(C)C)C2. The first kappa shape index (κ1) is 12.0. The highest BCUT2D eigenvalue weighted by Crippen LogP contribution is 2.16. The molecule has 1 amide bonds. The van der Waals surface area contributed by atoms with E-state index in [9.17, 15) is 4.79 Å². The van der Waals surface area contributed by atoms with Gasteiger partial charge in [0.05, 0.1) is 24.5 Å². The van der Waals surface area contributed by atoms with Gasteiger partial charge in [-0.3, -0.25) is 4.68 Å². The standard InChI is InChI=1S/C12H19N3O2/c1-9-7-10-8-14(5-6-15(10)13-9)11(16)17-12(2,3)4/h7H,5-6,8H2,1-4H3. The Morgan fingerprint density at radius 2 is 2.12 bits per heavy atom. The summed E-state index contributed by atoms with van der Waals surface area (Å²) in [5.74, 6) is 0. The molecule has 1 aromatic rings. The minimum atomic E-state index is -0.440. The van der Waals surface area contributed by atoms with Crippen LogP contribution in [0.2, 0.25) is 0 Å². The van der Waals surface area contributed by atoms with E-state index in [0.29, 0.717) is 13.1 Å². The van der Waals surface area contributed by atoms with Crippen LogP contribution < -0.4 is 0 Å². The highest BCUT2D eigenvalue weighted by Gasteiger charge is 2.26. The number of aryl methyl sites for hydroxylation is 1. The molecule has 94 valence electrons. The summed E-state index contributed by atoms with van der Waals surface area (Å²) in [6, 6.07) is 2.01. The monoisotopic (exact) mass is 237 g/mol. The molecule has 1 aliphatic rings. The number of rotatable bonds is 0. The largest absolute Gasteiger partial charge is 0.444 e. The van der Waals surface area contributed by atoms with Crippen LogP contribution in [0.5, 0.6) is 0 Å². The molecule has 0 aliphatic carbocycles. The van der Waals surface area contributed by atoms with E-state index in [0.717, 1.165) is 17.9 Å². The maximum absolute atomic E-state index is 11.9. The van der Waals surface area contributed by atoms with E-state index in [1.165, 1.54) is 0 Å². The Morgan fingerprint density at radius 1 is 1.41 bits per heavy atom. The molecule has 0 N–H and O–H groups in total. The lowest BCUT2D eigenvalue weighted by atomic mass is 10.2. The summed E-state index contributed by atoms with van der Waals surface area (Å²) in [5, 5.41) is 4.36. The number of amides is 1. The van der Waals surface area contributed by atoms with Crippen LogP contribution in [0.15, 0.2) is 6.07 Å². The number of hydrogen-bond acceptors (Lipinski definition) is 3. The Labute approximate surface area is 101 Å².